The molecule has 0 aromatic heterocycles. The van der Waals surface area contributed by atoms with Crippen molar-refractivity contribution in [2.75, 3.05) is 32.6 Å². The lowest BCUT2D eigenvalue weighted by atomic mass is 10.4. The quantitative estimate of drug-likeness (QED) is 0.656. The van der Waals surface area contributed by atoms with Crippen LogP contribution in [-0.2, 0) is 19.6 Å². The van der Waals surface area contributed by atoms with Crippen molar-refractivity contribution in [1.29, 1.82) is 0 Å². The van der Waals surface area contributed by atoms with Gasteiger partial charge < -0.3 is 14.5 Å². The maximum atomic E-state index is 12.2. The van der Waals surface area contributed by atoms with E-state index in [1.165, 1.54) is 22.7 Å². The number of nitrogens with one attached hydrogen (secondary N) is 1. The third-order valence-corrected chi connectivity index (χ3v) is 5.03. The molecular weight excluding hydrogens is 316 g/mol. The van der Waals surface area contributed by atoms with Crippen LogP contribution in [0.25, 0.3) is 0 Å². The van der Waals surface area contributed by atoms with E-state index in [4.69, 9.17) is 4.74 Å². The van der Waals surface area contributed by atoms with Crippen molar-refractivity contribution in [3.63, 3.8) is 0 Å². The van der Waals surface area contributed by atoms with Crippen LogP contribution in [0.3, 0.4) is 0 Å². The van der Waals surface area contributed by atoms with Gasteiger partial charge in [-0.15, -0.1) is 11.8 Å². The van der Waals surface area contributed by atoms with E-state index in [2.05, 4.69) is 4.84 Å². The Kier molecular flexibility index (Phi) is 5.45. The first-order valence-corrected chi connectivity index (χ1v) is 8.93. The number of rotatable bonds is 4. The van der Waals surface area contributed by atoms with Crippen LogP contribution in [0.15, 0.2) is 34.1 Å². The molecule has 0 atom stereocenters. The average Bonchev–Trinajstić information content (AvgIpc) is 2.53. The molecule has 1 amide bonds. The Bertz CT molecular complexity index is 599. The summed E-state index contributed by atoms with van der Waals surface area (Å²) in [5, 5.41) is 0. The molecule has 0 saturated carbocycles. The Morgan fingerprint density at radius 1 is 1.33 bits per heavy atom. The molecule has 1 heterocycles. The Morgan fingerprint density at radius 3 is 2.67 bits per heavy atom. The Labute approximate surface area is 127 Å². The monoisotopic (exact) mass is 332 g/mol. The molecule has 1 aliphatic rings. The van der Waals surface area contributed by atoms with E-state index in [0.29, 0.717) is 31.2 Å². The summed E-state index contributed by atoms with van der Waals surface area (Å²) in [4.78, 5) is 20.3. The molecule has 0 bridgehead atoms. The Hall–Kier alpha value is -1.29. The summed E-state index contributed by atoms with van der Waals surface area (Å²) in [5.41, 5.74) is 0. The van der Waals surface area contributed by atoms with Crippen LogP contribution in [-0.4, -0.2) is 52.0 Å². The van der Waals surface area contributed by atoms with Crippen LogP contribution < -0.4 is 4.89 Å². The van der Waals surface area contributed by atoms with Crippen LogP contribution in [0.2, 0.25) is 0 Å². The van der Waals surface area contributed by atoms with E-state index in [9.17, 15) is 13.2 Å². The van der Waals surface area contributed by atoms with Crippen molar-refractivity contribution in [3.05, 3.63) is 24.3 Å². The van der Waals surface area contributed by atoms with Crippen molar-refractivity contribution in [2.24, 2.45) is 0 Å². The van der Waals surface area contributed by atoms with Crippen LogP contribution >= 0.6 is 11.8 Å². The van der Waals surface area contributed by atoms with Gasteiger partial charge in [-0.3, -0.25) is 0 Å². The molecule has 21 heavy (non-hydrogen) atoms. The van der Waals surface area contributed by atoms with Crippen molar-refractivity contribution < 1.29 is 22.8 Å². The molecule has 9 heteroatoms. The number of benzene rings is 1. The van der Waals surface area contributed by atoms with Gasteiger partial charge in [0.25, 0.3) is 10.0 Å². The lowest BCUT2D eigenvalue weighted by Crippen LogP contribution is -2.43. The van der Waals surface area contributed by atoms with Crippen molar-refractivity contribution in [3.8, 4) is 0 Å². The second-order valence-corrected chi connectivity index (χ2v) is 6.67. The summed E-state index contributed by atoms with van der Waals surface area (Å²) in [5.74, 6) is 0. The second-order valence-electron chi connectivity index (χ2n) is 4.21. The van der Waals surface area contributed by atoms with Gasteiger partial charge >= 0.3 is 6.09 Å². The standard InChI is InChI=1S/C12H16N2O5S2/c1-20-10-4-2-3-5-11(10)21(16,17)13-19-12(15)14-6-8-18-9-7-14/h2-5,13H,6-9H2,1H3. The average molecular weight is 332 g/mol. The number of carbonyl (C=O) groups is 1. The van der Waals surface area contributed by atoms with Gasteiger partial charge in [0, 0.05) is 18.0 Å². The van der Waals surface area contributed by atoms with Gasteiger partial charge in [0.15, 0.2) is 0 Å². The molecule has 7 nitrogen and oxygen atoms in total. The van der Waals surface area contributed by atoms with E-state index in [1.807, 2.05) is 4.89 Å². The second kappa shape index (κ2) is 7.12. The van der Waals surface area contributed by atoms with Gasteiger partial charge in [0.2, 0.25) is 0 Å². The number of morpholine rings is 1. The fraction of sp³-hybridized carbons (Fsp3) is 0.417. The van der Waals surface area contributed by atoms with E-state index < -0.39 is 16.1 Å². The number of ether oxygens (including phenoxy) is 1. The Balaban J connectivity index is 2.02. The molecule has 1 aromatic carbocycles. The first-order chi connectivity index (χ1) is 10.0. The van der Waals surface area contributed by atoms with Crippen molar-refractivity contribution >= 4 is 27.9 Å². The van der Waals surface area contributed by atoms with E-state index >= 15 is 0 Å². The smallest absolute Gasteiger partial charge is 0.378 e. The third kappa shape index (κ3) is 4.10. The number of amides is 1. The minimum absolute atomic E-state index is 0.0762. The zero-order valence-corrected chi connectivity index (χ0v) is 13.1. The van der Waals surface area contributed by atoms with Crippen LogP contribution in [0.5, 0.6) is 0 Å². The molecule has 2 rings (SSSR count). The van der Waals surface area contributed by atoms with E-state index in [0.717, 1.165) is 0 Å². The van der Waals surface area contributed by atoms with Gasteiger partial charge in [0.1, 0.15) is 0 Å². The predicted octanol–water partition coefficient (Wildman–Crippen LogP) is 1.07. The van der Waals surface area contributed by atoms with Crippen LogP contribution in [0.1, 0.15) is 0 Å². The van der Waals surface area contributed by atoms with Gasteiger partial charge in [-0.25, -0.2) is 13.2 Å². The fourth-order valence-electron chi connectivity index (χ4n) is 1.79. The molecule has 1 N–H and O–H groups in total. The summed E-state index contributed by atoms with van der Waals surface area (Å²) < 4.78 is 29.4. The lowest BCUT2D eigenvalue weighted by molar-refractivity contribution is 0.0203. The normalized spacial score (nSPS) is 15.8. The highest BCUT2D eigenvalue weighted by atomic mass is 32.2. The van der Waals surface area contributed by atoms with Crippen LogP contribution in [0.4, 0.5) is 4.79 Å². The van der Waals surface area contributed by atoms with Crippen molar-refractivity contribution in [2.45, 2.75) is 9.79 Å². The largest absolute Gasteiger partial charge is 0.429 e. The summed E-state index contributed by atoms with van der Waals surface area (Å²) in [6.07, 6.45) is 1.04. The summed E-state index contributed by atoms with van der Waals surface area (Å²) >= 11 is 1.30. The number of thioether (sulfide) groups is 1. The summed E-state index contributed by atoms with van der Waals surface area (Å²) in [6, 6.07) is 6.49. The molecule has 0 radical (unpaired) electrons. The molecule has 1 aliphatic heterocycles. The highest BCUT2D eigenvalue weighted by Gasteiger charge is 2.23. The number of nitrogens with zero attached hydrogens (tertiary/aromatic N) is 1. The van der Waals surface area contributed by atoms with E-state index in [1.54, 1.807) is 24.5 Å². The molecule has 116 valence electrons. The minimum Gasteiger partial charge on any atom is -0.378 e. The highest BCUT2D eigenvalue weighted by molar-refractivity contribution is 7.99. The fourth-order valence-corrected chi connectivity index (χ4v) is 3.71. The zero-order chi connectivity index (χ0) is 15.3. The molecular formula is C12H16N2O5S2. The van der Waals surface area contributed by atoms with Crippen molar-refractivity contribution in [1.82, 2.24) is 9.79 Å². The first kappa shape index (κ1) is 16.1. The van der Waals surface area contributed by atoms with Gasteiger partial charge in [-0.1, -0.05) is 12.1 Å². The third-order valence-electron chi connectivity index (χ3n) is 2.87. The van der Waals surface area contributed by atoms with Gasteiger partial charge in [-0.05, 0) is 23.3 Å². The maximum Gasteiger partial charge on any atom is 0.429 e. The maximum absolute atomic E-state index is 12.2. The molecule has 0 aliphatic carbocycles. The molecule has 0 unspecified atom stereocenters. The SMILES string of the molecule is CSc1ccccc1S(=O)(=O)NOC(=O)N1CCOCC1. The topological polar surface area (TPSA) is 84.9 Å². The first-order valence-electron chi connectivity index (χ1n) is 6.23. The zero-order valence-electron chi connectivity index (χ0n) is 11.4. The lowest BCUT2D eigenvalue weighted by Gasteiger charge is -2.25. The number of carbonyl (C=O) groups excluding carboxylic acids is 1. The van der Waals surface area contributed by atoms with E-state index in [-0.39, 0.29) is 4.90 Å². The molecule has 1 saturated heterocycles. The summed E-state index contributed by atoms with van der Waals surface area (Å²) in [6.45, 7) is 1.58. The molecule has 0 spiro atoms. The Morgan fingerprint density at radius 2 is 2.00 bits per heavy atom. The van der Waals surface area contributed by atoms with Gasteiger partial charge in [0.05, 0.1) is 18.1 Å². The molecule has 1 fully saturated rings. The number of hydrogen-bond acceptors (Lipinski definition) is 6. The number of hydrogen-bond donors (Lipinski definition) is 1. The predicted molar refractivity (Wildman–Crippen MR) is 77.4 cm³/mol. The minimum atomic E-state index is -3.91. The molecule has 1 aromatic rings. The summed E-state index contributed by atoms with van der Waals surface area (Å²) in [7, 11) is -3.91. The number of sulfonamides is 1. The van der Waals surface area contributed by atoms with Gasteiger partial charge in [-0.2, -0.15) is 0 Å². The van der Waals surface area contributed by atoms with Crippen LogP contribution in [0, 0.1) is 0 Å². The highest BCUT2D eigenvalue weighted by Crippen LogP contribution is 2.23.